The van der Waals surface area contributed by atoms with Crippen LogP contribution in [0.2, 0.25) is 0 Å². The summed E-state index contributed by atoms with van der Waals surface area (Å²) in [7, 11) is 3.46. The summed E-state index contributed by atoms with van der Waals surface area (Å²) in [6.45, 7) is 3.09. The molecule has 0 aliphatic rings. The molecule has 0 heterocycles. The molecule has 3 N–H and O–H groups in total. The van der Waals surface area contributed by atoms with E-state index in [9.17, 15) is 4.79 Å². The van der Waals surface area contributed by atoms with E-state index in [0.717, 1.165) is 18.7 Å². The molecule has 1 aromatic rings. The fraction of sp³-hybridized carbons (Fsp3) is 0.500. The highest BCUT2D eigenvalue weighted by molar-refractivity contribution is 5.95. The first-order valence-corrected chi connectivity index (χ1v) is 6.41. The maximum atomic E-state index is 11.8. The van der Waals surface area contributed by atoms with Gasteiger partial charge >= 0.3 is 0 Å². The van der Waals surface area contributed by atoms with Gasteiger partial charge in [0.1, 0.15) is 0 Å². The van der Waals surface area contributed by atoms with Crippen molar-refractivity contribution < 1.29 is 4.79 Å². The highest BCUT2D eigenvalue weighted by atomic mass is 16.2. The molecule has 18 heavy (non-hydrogen) atoms. The number of carbonyl (C=O) groups is 1. The second-order valence-electron chi connectivity index (χ2n) is 4.64. The van der Waals surface area contributed by atoms with E-state index in [1.165, 1.54) is 12.8 Å². The van der Waals surface area contributed by atoms with E-state index in [1.807, 2.05) is 6.07 Å². The quantitative estimate of drug-likeness (QED) is 0.602. The Morgan fingerprint density at radius 3 is 2.61 bits per heavy atom. The van der Waals surface area contributed by atoms with Crippen LogP contribution >= 0.6 is 0 Å². The molecule has 0 atom stereocenters. The molecular weight excluding hydrogens is 226 g/mol. The predicted octanol–water partition coefficient (Wildman–Crippen LogP) is 2.57. The molecule has 100 valence electrons. The van der Waals surface area contributed by atoms with Crippen molar-refractivity contribution in [2.45, 2.75) is 26.2 Å². The fourth-order valence-electron chi connectivity index (χ4n) is 1.71. The van der Waals surface area contributed by atoms with Gasteiger partial charge in [0.15, 0.2) is 0 Å². The Bertz CT molecular complexity index is 402. The average molecular weight is 249 g/mol. The minimum Gasteiger partial charge on any atom is -0.397 e. The summed E-state index contributed by atoms with van der Waals surface area (Å²) >= 11 is 0. The first-order chi connectivity index (χ1) is 8.56. The largest absolute Gasteiger partial charge is 0.397 e. The van der Waals surface area contributed by atoms with Gasteiger partial charge in [-0.05, 0) is 24.6 Å². The van der Waals surface area contributed by atoms with Gasteiger partial charge in [-0.2, -0.15) is 0 Å². The lowest BCUT2D eigenvalue weighted by atomic mass is 10.1. The molecular formula is C14H23N3O. The second kappa shape index (κ2) is 6.89. The second-order valence-corrected chi connectivity index (χ2v) is 4.64. The number of rotatable bonds is 6. The van der Waals surface area contributed by atoms with Crippen molar-refractivity contribution in [2.75, 3.05) is 31.7 Å². The molecule has 1 rings (SSSR count). The van der Waals surface area contributed by atoms with Gasteiger partial charge in [-0.25, -0.2) is 0 Å². The number of unbranched alkanes of at least 4 members (excludes halogenated alkanes) is 2. The van der Waals surface area contributed by atoms with Crippen LogP contribution in [0.1, 0.15) is 36.5 Å². The molecule has 1 aromatic carbocycles. The Morgan fingerprint density at radius 2 is 2.06 bits per heavy atom. The van der Waals surface area contributed by atoms with E-state index < -0.39 is 0 Å². The summed E-state index contributed by atoms with van der Waals surface area (Å²) in [5.74, 6) is -0.0285. The SMILES string of the molecule is CCCCCNc1ccc(C(=O)N(C)C)cc1N. The minimum absolute atomic E-state index is 0.0285. The standard InChI is InChI=1S/C14H23N3O/c1-4-5-6-9-16-13-8-7-11(10-12(13)15)14(18)17(2)3/h7-8,10,16H,4-6,9,15H2,1-3H3. The Kier molecular flexibility index (Phi) is 5.49. The molecule has 0 aromatic heterocycles. The lowest BCUT2D eigenvalue weighted by Crippen LogP contribution is -2.21. The lowest BCUT2D eigenvalue weighted by molar-refractivity contribution is 0.0827. The zero-order valence-electron chi connectivity index (χ0n) is 11.5. The number of hydrogen-bond acceptors (Lipinski definition) is 3. The first-order valence-electron chi connectivity index (χ1n) is 6.41. The molecule has 0 saturated carbocycles. The number of hydrogen-bond donors (Lipinski definition) is 2. The summed E-state index contributed by atoms with van der Waals surface area (Å²) in [6, 6.07) is 5.41. The Labute approximate surface area is 109 Å². The maximum Gasteiger partial charge on any atom is 0.253 e. The maximum absolute atomic E-state index is 11.8. The van der Waals surface area contributed by atoms with Gasteiger partial charge in [0.05, 0.1) is 11.4 Å². The number of anilines is 2. The molecule has 4 nitrogen and oxygen atoms in total. The number of nitrogens with one attached hydrogen (secondary N) is 1. The lowest BCUT2D eigenvalue weighted by Gasteiger charge is -2.13. The summed E-state index contributed by atoms with van der Waals surface area (Å²) in [4.78, 5) is 13.3. The predicted molar refractivity (Wildman–Crippen MR) is 76.9 cm³/mol. The van der Waals surface area contributed by atoms with Crippen LogP contribution < -0.4 is 11.1 Å². The van der Waals surface area contributed by atoms with Crippen LogP contribution in [0.4, 0.5) is 11.4 Å². The van der Waals surface area contributed by atoms with E-state index in [0.29, 0.717) is 11.3 Å². The molecule has 0 spiro atoms. The molecule has 0 radical (unpaired) electrons. The van der Waals surface area contributed by atoms with Gasteiger partial charge in [0.25, 0.3) is 5.91 Å². The zero-order chi connectivity index (χ0) is 13.5. The third-order valence-electron chi connectivity index (χ3n) is 2.80. The van der Waals surface area contributed by atoms with Crippen LogP contribution in [0.5, 0.6) is 0 Å². The number of amides is 1. The number of nitrogens with zero attached hydrogens (tertiary/aromatic N) is 1. The topological polar surface area (TPSA) is 58.4 Å². The molecule has 0 bridgehead atoms. The molecule has 0 aliphatic carbocycles. The third-order valence-corrected chi connectivity index (χ3v) is 2.80. The molecule has 4 heteroatoms. The summed E-state index contributed by atoms with van der Waals surface area (Å²) in [5, 5.41) is 3.29. The van der Waals surface area contributed by atoms with Crippen LogP contribution in [0, 0.1) is 0 Å². The Balaban J connectivity index is 2.65. The Morgan fingerprint density at radius 1 is 1.33 bits per heavy atom. The van der Waals surface area contributed by atoms with Crippen molar-refractivity contribution >= 4 is 17.3 Å². The first kappa shape index (κ1) is 14.4. The number of carbonyl (C=O) groups excluding carboxylic acids is 1. The molecule has 0 fully saturated rings. The van der Waals surface area contributed by atoms with Crippen molar-refractivity contribution in [1.82, 2.24) is 4.90 Å². The zero-order valence-corrected chi connectivity index (χ0v) is 11.5. The van der Waals surface area contributed by atoms with Gasteiger partial charge in [0.2, 0.25) is 0 Å². The van der Waals surface area contributed by atoms with Gasteiger partial charge in [-0.1, -0.05) is 19.8 Å². The molecule has 0 unspecified atom stereocenters. The smallest absolute Gasteiger partial charge is 0.253 e. The third kappa shape index (κ3) is 3.95. The highest BCUT2D eigenvalue weighted by Gasteiger charge is 2.09. The summed E-state index contributed by atoms with van der Waals surface area (Å²) < 4.78 is 0. The van der Waals surface area contributed by atoms with Crippen LogP contribution in [-0.2, 0) is 0 Å². The average Bonchev–Trinajstić information content (AvgIpc) is 2.35. The monoisotopic (exact) mass is 249 g/mol. The Hall–Kier alpha value is -1.71. The molecule has 0 aliphatic heterocycles. The van der Waals surface area contributed by atoms with E-state index >= 15 is 0 Å². The van der Waals surface area contributed by atoms with Crippen molar-refractivity contribution in [3.05, 3.63) is 23.8 Å². The van der Waals surface area contributed by atoms with Crippen LogP contribution in [0.3, 0.4) is 0 Å². The van der Waals surface area contributed by atoms with Gasteiger partial charge in [-0.3, -0.25) is 4.79 Å². The van der Waals surface area contributed by atoms with Crippen molar-refractivity contribution in [3.63, 3.8) is 0 Å². The van der Waals surface area contributed by atoms with Crippen molar-refractivity contribution in [3.8, 4) is 0 Å². The van der Waals surface area contributed by atoms with Gasteiger partial charge in [0, 0.05) is 26.2 Å². The van der Waals surface area contributed by atoms with Gasteiger partial charge in [-0.15, -0.1) is 0 Å². The van der Waals surface area contributed by atoms with E-state index in [-0.39, 0.29) is 5.91 Å². The minimum atomic E-state index is -0.0285. The number of nitrogens with two attached hydrogens (primary N) is 1. The van der Waals surface area contributed by atoms with Crippen LogP contribution in [0.25, 0.3) is 0 Å². The van der Waals surface area contributed by atoms with Gasteiger partial charge < -0.3 is 16.0 Å². The number of benzene rings is 1. The highest BCUT2D eigenvalue weighted by Crippen LogP contribution is 2.20. The molecule has 1 amide bonds. The summed E-state index contributed by atoms with van der Waals surface area (Å²) in [6.07, 6.45) is 3.55. The summed E-state index contributed by atoms with van der Waals surface area (Å²) in [5.41, 5.74) is 8.09. The van der Waals surface area contributed by atoms with Crippen LogP contribution in [-0.4, -0.2) is 31.4 Å². The van der Waals surface area contributed by atoms with Crippen molar-refractivity contribution in [2.24, 2.45) is 0 Å². The van der Waals surface area contributed by atoms with E-state index in [1.54, 1.807) is 31.1 Å². The fourth-order valence-corrected chi connectivity index (χ4v) is 1.71. The number of nitrogen functional groups attached to an aromatic ring is 1. The van der Waals surface area contributed by atoms with E-state index in [2.05, 4.69) is 12.2 Å². The molecule has 0 saturated heterocycles. The normalized spacial score (nSPS) is 10.2. The van der Waals surface area contributed by atoms with E-state index in [4.69, 9.17) is 5.73 Å². The van der Waals surface area contributed by atoms with Crippen molar-refractivity contribution in [1.29, 1.82) is 0 Å². The van der Waals surface area contributed by atoms with Crippen LogP contribution in [0.15, 0.2) is 18.2 Å².